The predicted molar refractivity (Wildman–Crippen MR) is 80.4 cm³/mol. The molecule has 3 nitrogen and oxygen atoms in total. The fourth-order valence-corrected chi connectivity index (χ4v) is 3.45. The molecule has 2 aromatic rings. The van der Waals surface area contributed by atoms with Crippen molar-refractivity contribution in [3.8, 4) is 0 Å². The Morgan fingerprint density at radius 2 is 2.21 bits per heavy atom. The zero-order chi connectivity index (χ0) is 13.4. The Bertz CT molecular complexity index is 587. The summed E-state index contributed by atoms with van der Waals surface area (Å²) in [4.78, 5) is 8.17. The van der Waals surface area contributed by atoms with Crippen LogP contribution in [0.25, 0.3) is 11.0 Å². The Morgan fingerprint density at radius 3 is 2.95 bits per heavy atom. The molecule has 1 aromatic carbocycles. The van der Waals surface area contributed by atoms with Gasteiger partial charge in [0.25, 0.3) is 0 Å². The number of aryl methyl sites for hydroxylation is 1. The van der Waals surface area contributed by atoms with Crippen molar-refractivity contribution in [1.29, 1.82) is 0 Å². The van der Waals surface area contributed by atoms with Crippen molar-refractivity contribution in [2.45, 2.75) is 39.2 Å². The standard InChI is InChI=1S/C15H19BrN2O/c1-3-19-12-5-10(6-12)7-14-17-13-8-11(16)4-9(2)15(13)18-14/h4,8,10,12H,3,5-7H2,1-2H3,(H,17,18). The minimum Gasteiger partial charge on any atom is -0.378 e. The highest BCUT2D eigenvalue weighted by Crippen LogP contribution is 2.33. The van der Waals surface area contributed by atoms with Gasteiger partial charge in [0.1, 0.15) is 5.82 Å². The number of fused-ring (bicyclic) bond motifs is 1. The normalized spacial score (nSPS) is 22.7. The van der Waals surface area contributed by atoms with Crippen LogP contribution in [0.3, 0.4) is 0 Å². The summed E-state index contributed by atoms with van der Waals surface area (Å²) in [6, 6.07) is 4.21. The summed E-state index contributed by atoms with van der Waals surface area (Å²) in [5.41, 5.74) is 3.44. The summed E-state index contributed by atoms with van der Waals surface area (Å²) < 4.78 is 6.71. The molecule has 0 amide bonds. The summed E-state index contributed by atoms with van der Waals surface area (Å²) in [7, 11) is 0. The SMILES string of the molecule is CCOC1CC(Cc2nc3c(C)cc(Br)cc3[nH]2)C1. The molecule has 0 saturated heterocycles. The van der Waals surface area contributed by atoms with Crippen LogP contribution in [0, 0.1) is 12.8 Å². The number of ether oxygens (including phenoxy) is 1. The van der Waals surface area contributed by atoms with Crippen molar-refractivity contribution in [2.24, 2.45) is 5.92 Å². The van der Waals surface area contributed by atoms with Crippen molar-refractivity contribution in [3.63, 3.8) is 0 Å². The molecule has 4 heteroatoms. The van der Waals surface area contributed by atoms with Crippen LogP contribution in [-0.2, 0) is 11.2 Å². The van der Waals surface area contributed by atoms with Gasteiger partial charge in [-0.3, -0.25) is 0 Å². The van der Waals surface area contributed by atoms with Crippen molar-refractivity contribution in [3.05, 3.63) is 28.0 Å². The molecule has 1 aliphatic carbocycles. The lowest BCUT2D eigenvalue weighted by Gasteiger charge is -2.34. The predicted octanol–water partition coefficient (Wildman–Crippen LogP) is 3.99. The number of benzene rings is 1. The summed E-state index contributed by atoms with van der Waals surface area (Å²) in [5, 5.41) is 0. The molecule has 0 radical (unpaired) electrons. The second-order valence-electron chi connectivity index (χ2n) is 5.42. The number of nitrogens with zero attached hydrogens (tertiary/aromatic N) is 1. The maximum Gasteiger partial charge on any atom is 0.107 e. The summed E-state index contributed by atoms with van der Waals surface area (Å²) >= 11 is 3.53. The number of halogens is 1. The second-order valence-corrected chi connectivity index (χ2v) is 6.34. The molecule has 0 bridgehead atoms. The Hall–Kier alpha value is -0.870. The van der Waals surface area contributed by atoms with Gasteiger partial charge in [-0.1, -0.05) is 15.9 Å². The monoisotopic (exact) mass is 322 g/mol. The molecule has 0 atom stereocenters. The van der Waals surface area contributed by atoms with Crippen molar-refractivity contribution >= 4 is 27.0 Å². The lowest BCUT2D eigenvalue weighted by molar-refractivity contribution is -0.0244. The highest BCUT2D eigenvalue weighted by atomic mass is 79.9. The van der Waals surface area contributed by atoms with E-state index in [4.69, 9.17) is 9.72 Å². The van der Waals surface area contributed by atoms with E-state index in [1.54, 1.807) is 0 Å². The number of hydrogen-bond acceptors (Lipinski definition) is 2. The van der Waals surface area contributed by atoms with Gasteiger partial charge in [-0.15, -0.1) is 0 Å². The number of H-pyrrole nitrogens is 1. The molecule has 19 heavy (non-hydrogen) atoms. The lowest BCUT2D eigenvalue weighted by Crippen LogP contribution is -2.32. The molecular weight excluding hydrogens is 304 g/mol. The molecule has 102 valence electrons. The largest absolute Gasteiger partial charge is 0.378 e. The topological polar surface area (TPSA) is 37.9 Å². The van der Waals surface area contributed by atoms with Gasteiger partial charge in [-0.25, -0.2) is 4.98 Å². The molecular formula is C15H19BrN2O. The third kappa shape index (κ3) is 2.70. The number of imidazole rings is 1. The van der Waals surface area contributed by atoms with Gasteiger partial charge in [0, 0.05) is 17.5 Å². The highest BCUT2D eigenvalue weighted by Gasteiger charge is 2.30. The van der Waals surface area contributed by atoms with E-state index >= 15 is 0 Å². The van der Waals surface area contributed by atoms with E-state index in [1.807, 2.05) is 0 Å². The maximum atomic E-state index is 5.60. The molecule has 1 fully saturated rings. The van der Waals surface area contributed by atoms with E-state index in [9.17, 15) is 0 Å². The molecule has 3 rings (SSSR count). The Balaban J connectivity index is 1.71. The van der Waals surface area contributed by atoms with Crippen molar-refractivity contribution in [1.82, 2.24) is 9.97 Å². The Kier molecular flexibility index (Phi) is 3.63. The van der Waals surface area contributed by atoms with Gasteiger partial charge >= 0.3 is 0 Å². The summed E-state index contributed by atoms with van der Waals surface area (Å²) in [5.74, 6) is 1.83. The Labute approximate surface area is 121 Å². The number of aromatic nitrogens is 2. The third-order valence-corrected chi connectivity index (χ3v) is 4.33. The lowest BCUT2D eigenvalue weighted by atomic mass is 9.80. The molecule has 1 saturated carbocycles. The molecule has 1 heterocycles. The number of hydrogen-bond donors (Lipinski definition) is 1. The molecule has 0 spiro atoms. The molecule has 1 aromatic heterocycles. The van der Waals surface area contributed by atoms with Crippen LogP contribution in [-0.4, -0.2) is 22.7 Å². The smallest absolute Gasteiger partial charge is 0.107 e. The second kappa shape index (κ2) is 5.25. The maximum absolute atomic E-state index is 5.60. The molecule has 1 N–H and O–H groups in total. The summed E-state index contributed by atoms with van der Waals surface area (Å²) in [6.45, 7) is 4.99. The van der Waals surface area contributed by atoms with Crippen LogP contribution in [0.2, 0.25) is 0 Å². The van der Waals surface area contributed by atoms with Crippen LogP contribution in [0.5, 0.6) is 0 Å². The van der Waals surface area contributed by atoms with Crippen molar-refractivity contribution in [2.75, 3.05) is 6.61 Å². The van der Waals surface area contributed by atoms with Crippen molar-refractivity contribution < 1.29 is 4.74 Å². The van der Waals surface area contributed by atoms with Crippen LogP contribution in [0.4, 0.5) is 0 Å². The highest BCUT2D eigenvalue weighted by molar-refractivity contribution is 9.10. The van der Waals surface area contributed by atoms with E-state index in [2.05, 4.69) is 46.9 Å². The van der Waals surface area contributed by atoms with E-state index in [1.165, 1.54) is 18.4 Å². The van der Waals surface area contributed by atoms with Crippen LogP contribution in [0.15, 0.2) is 16.6 Å². The molecule has 0 aliphatic heterocycles. The minimum atomic E-state index is 0.482. The molecule has 1 aliphatic rings. The van der Waals surface area contributed by atoms with E-state index in [0.29, 0.717) is 6.10 Å². The van der Waals surface area contributed by atoms with Crippen LogP contribution >= 0.6 is 15.9 Å². The minimum absolute atomic E-state index is 0.482. The van der Waals surface area contributed by atoms with E-state index in [-0.39, 0.29) is 0 Å². The zero-order valence-corrected chi connectivity index (χ0v) is 13.0. The first kappa shape index (κ1) is 13.1. The first-order chi connectivity index (χ1) is 9.15. The zero-order valence-electron chi connectivity index (χ0n) is 11.4. The van der Waals surface area contributed by atoms with Crippen LogP contribution in [0.1, 0.15) is 31.2 Å². The van der Waals surface area contributed by atoms with Gasteiger partial charge in [-0.05, 0) is 50.3 Å². The van der Waals surface area contributed by atoms with E-state index in [0.717, 1.165) is 40.3 Å². The summed E-state index contributed by atoms with van der Waals surface area (Å²) in [6.07, 6.45) is 3.87. The average Bonchev–Trinajstić information content (AvgIpc) is 2.69. The Morgan fingerprint density at radius 1 is 1.42 bits per heavy atom. The van der Waals surface area contributed by atoms with Crippen LogP contribution < -0.4 is 0 Å². The van der Waals surface area contributed by atoms with Gasteiger partial charge in [0.05, 0.1) is 17.1 Å². The first-order valence-corrected chi connectivity index (χ1v) is 7.71. The fraction of sp³-hybridized carbons (Fsp3) is 0.533. The van der Waals surface area contributed by atoms with Gasteiger partial charge in [-0.2, -0.15) is 0 Å². The third-order valence-electron chi connectivity index (χ3n) is 3.87. The molecule has 0 unspecified atom stereocenters. The number of aromatic amines is 1. The van der Waals surface area contributed by atoms with Gasteiger partial charge in [0.2, 0.25) is 0 Å². The quantitative estimate of drug-likeness (QED) is 0.924. The van der Waals surface area contributed by atoms with Gasteiger partial charge < -0.3 is 9.72 Å². The number of rotatable bonds is 4. The van der Waals surface area contributed by atoms with E-state index < -0.39 is 0 Å². The number of nitrogens with one attached hydrogen (secondary N) is 1. The average molecular weight is 323 g/mol. The fourth-order valence-electron chi connectivity index (χ4n) is 2.88. The van der Waals surface area contributed by atoms with Gasteiger partial charge in [0.15, 0.2) is 0 Å². The first-order valence-electron chi connectivity index (χ1n) is 6.92.